The number of nitrogens with one attached hydrogen (secondary N) is 4. The van der Waals surface area contributed by atoms with Crippen molar-refractivity contribution in [2.24, 2.45) is 17.8 Å². The molecule has 26 heteroatoms. The fourth-order valence-electron chi connectivity index (χ4n) is 14.4. The number of rotatable bonds is 8. The van der Waals surface area contributed by atoms with Gasteiger partial charge in [0.05, 0.1) is 23.7 Å². The minimum absolute atomic E-state index is 0.0473. The van der Waals surface area contributed by atoms with E-state index in [1.54, 1.807) is 13.8 Å². The second-order valence-electron chi connectivity index (χ2n) is 26.8. The summed E-state index contributed by atoms with van der Waals surface area (Å²) in [6.45, 7) is 5.99. The molecule has 1 unspecified atom stereocenters. The molecule has 3 aliphatic carbocycles. The van der Waals surface area contributed by atoms with Crippen molar-refractivity contribution in [2.45, 2.75) is 229 Å². The van der Waals surface area contributed by atoms with E-state index >= 15 is 14.4 Å². The van der Waals surface area contributed by atoms with Gasteiger partial charge in [-0.1, -0.05) is 95.7 Å². The molecule has 506 valence electrons. The van der Waals surface area contributed by atoms with Crippen molar-refractivity contribution in [3.8, 4) is 0 Å². The fourth-order valence-corrected chi connectivity index (χ4v) is 14.7. The van der Waals surface area contributed by atoms with E-state index in [0.717, 1.165) is 66.9 Å². The summed E-state index contributed by atoms with van der Waals surface area (Å²) in [5.74, 6) is -7.06. The molecule has 3 heterocycles. The quantitative estimate of drug-likeness (QED) is 0.263. The van der Waals surface area contributed by atoms with Gasteiger partial charge in [0.15, 0.2) is 0 Å². The number of halogens is 4. The Morgan fingerprint density at radius 3 is 1.82 bits per heavy atom. The Balaban J connectivity index is 1.23. The standard InChI is InChI=1S/C65H97ClF3N11O11/c1-10-39(2)54-62(90)75(6)37-52(82)74(5)38-53(83)77(8)50(36-42-20-12-11-13-21-42)61(89)80-33-18-24-48(80)57(85)71-47(29-27-43-26-28-45(46(66)35-43)65(67,68)69)60(88)79-32-19-25-49(79)58(86)73-64(30-16-17-31-64)63(91)78(9)55(44-22-14-15-23-44)59(87)70-40(3)34-51(81)76(7)41(4)56(84)72-54/h26,28,35,39-42,44,47-50,54-55H,10-25,27,29-34,36-38H2,1-9H3,(H,70,87)(H,71,85)(H,72,84)(H,73,86)/t39-,40?,41-,47-,48+,49-,50-,54-,55-/m0/s1. The second-order valence-corrected chi connectivity index (χ2v) is 27.3. The first-order chi connectivity index (χ1) is 43.0. The predicted molar refractivity (Wildman–Crippen MR) is 333 cm³/mol. The molecule has 9 atom stereocenters. The van der Waals surface area contributed by atoms with Crippen molar-refractivity contribution in [3.63, 3.8) is 0 Å². The van der Waals surface area contributed by atoms with Gasteiger partial charge in [0, 0.05) is 60.8 Å². The van der Waals surface area contributed by atoms with Gasteiger partial charge in [-0.2, -0.15) is 13.2 Å². The van der Waals surface area contributed by atoms with Gasteiger partial charge in [-0.25, -0.2) is 0 Å². The summed E-state index contributed by atoms with van der Waals surface area (Å²) in [5.41, 5.74) is -2.19. The zero-order chi connectivity index (χ0) is 66.8. The summed E-state index contributed by atoms with van der Waals surface area (Å²) in [5, 5.41) is 11.2. The summed E-state index contributed by atoms with van der Waals surface area (Å²) in [4.78, 5) is 170. The van der Waals surface area contributed by atoms with Crippen LogP contribution in [0.3, 0.4) is 0 Å². The molecule has 1 aromatic carbocycles. The third-order valence-electron chi connectivity index (χ3n) is 20.4. The Bertz CT molecular complexity index is 2850. The average molecular weight is 1300 g/mol. The highest BCUT2D eigenvalue weighted by atomic mass is 35.5. The lowest BCUT2D eigenvalue weighted by Crippen LogP contribution is -2.64. The molecule has 6 aliphatic rings. The van der Waals surface area contributed by atoms with Crippen LogP contribution in [0, 0.1) is 17.8 Å². The number of aryl methyl sites for hydroxylation is 1. The molecule has 22 nitrogen and oxygen atoms in total. The molecule has 3 aliphatic heterocycles. The number of fused-ring (bicyclic) bond motifs is 2. The lowest BCUT2D eigenvalue weighted by Gasteiger charge is -2.40. The van der Waals surface area contributed by atoms with E-state index in [9.17, 15) is 51.5 Å². The maximum absolute atomic E-state index is 15.2. The molecule has 4 N–H and O–H groups in total. The van der Waals surface area contributed by atoms with Crippen molar-refractivity contribution in [1.29, 1.82) is 0 Å². The number of carbonyl (C=O) groups excluding carboxylic acids is 11. The number of hydrogen-bond donors (Lipinski definition) is 4. The van der Waals surface area contributed by atoms with E-state index in [1.807, 2.05) is 6.92 Å². The van der Waals surface area contributed by atoms with Crippen LogP contribution in [0.5, 0.6) is 0 Å². The van der Waals surface area contributed by atoms with Gasteiger partial charge >= 0.3 is 6.18 Å². The smallest absolute Gasteiger partial charge is 0.351 e. The van der Waals surface area contributed by atoms with Gasteiger partial charge in [-0.3, -0.25) is 52.7 Å². The average Bonchev–Trinajstić information content (AvgIpc) is 1.64. The lowest BCUT2D eigenvalue weighted by atomic mass is 9.84. The van der Waals surface area contributed by atoms with Crippen molar-refractivity contribution in [2.75, 3.05) is 61.4 Å². The van der Waals surface area contributed by atoms with E-state index in [1.165, 1.54) is 72.7 Å². The van der Waals surface area contributed by atoms with E-state index in [2.05, 4.69) is 21.3 Å². The van der Waals surface area contributed by atoms with E-state index in [0.29, 0.717) is 50.5 Å². The van der Waals surface area contributed by atoms with Gasteiger partial charge in [0.2, 0.25) is 65.0 Å². The summed E-state index contributed by atoms with van der Waals surface area (Å²) >= 11 is 6.16. The largest absolute Gasteiger partial charge is 0.417 e. The van der Waals surface area contributed by atoms with Gasteiger partial charge < -0.3 is 55.6 Å². The highest BCUT2D eigenvalue weighted by Crippen LogP contribution is 2.38. The SMILES string of the molecule is CC[C@H](C)[C@@H]1NC(=O)[C@H](C)N(C)C(=O)CC(C)NC(=O)[C@H](C2CCCC2)N(C)C(=O)C2(CCCC2)NC(=O)[C@@H]2CCCN2C(=O)[C@H](CCc2ccc(C(F)(F)F)c(Cl)c2)NC(=O)[C@H]2CCCN2C(=O)[C@H](CC2CCCCC2)N(C)C(=O)CN(C)C(=O)CN(C)C1=O. The summed E-state index contributed by atoms with van der Waals surface area (Å²) in [7, 11) is 7.26. The minimum atomic E-state index is -4.74. The first kappa shape index (κ1) is 71.9. The summed E-state index contributed by atoms with van der Waals surface area (Å²) in [6.07, 6.45) is 5.62. The Morgan fingerprint density at radius 1 is 0.626 bits per heavy atom. The van der Waals surface area contributed by atoms with Crippen molar-refractivity contribution in [1.82, 2.24) is 55.6 Å². The van der Waals surface area contributed by atoms with Crippen LogP contribution < -0.4 is 21.3 Å². The van der Waals surface area contributed by atoms with Crippen LogP contribution >= 0.6 is 11.6 Å². The van der Waals surface area contributed by atoms with E-state index in [-0.39, 0.29) is 76.3 Å². The Hall–Kier alpha value is -6.53. The molecule has 11 amide bonds. The van der Waals surface area contributed by atoms with Gasteiger partial charge in [0.25, 0.3) is 0 Å². The van der Waals surface area contributed by atoms with Gasteiger partial charge in [0.1, 0.15) is 47.8 Å². The van der Waals surface area contributed by atoms with Crippen LogP contribution in [-0.4, -0.2) is 215 Å². The molecular weight excluding hydrogens is 1200 g/mol. The molecule has 0 bridgehead atoms. The molecule has 91 heavy (non-hydrogen) atoms. The molecule has 1 aromatic rings. The van der Waals surface area contributed by atoms with Gasteiger partial charge in [-0.15, -0.1) is 0 Å². The van der Waals surface area contributed by atoms with Crippen LogP contribution in [0.15, 0.2) is 18.2 Å². The molecule has 3 saturated heterocycles. The number of benzene rings is 1. The molecule has 3 saturated carbocycles. The zero-order valence-corrected chi connectivity index (χ0v) is 55.4. The Morgan fingerprint density at radius 2 is 1.22 bits per heavy atom. The van der Waals surface area contributed by atoms with Crippen molar-refractivity contribution < 1.29 is 65.9 Å². The third-order valence-corrected chi connectivity index (χ3v) is 20.7. The van der Waals surface area contributed by atoms with E-state index < -0.39 is 155 Å². The third kappa shape index (κ3) is 17.4. The van der Waals surface area contributed by atoms with Crippen LogP contribution in [-0.2, 0) is 65.3 Å². The number of hydrogen-bond acceptors (Lipinski definition) is 11. The predicted octanol–water partition coefficient (Wildman–Crippen LogP) is 5.20. The lowest BCUT2D eigenvalue weighted by molar-refractivity contribution is -0.150. The normalized spacial score (nSPS) is 28.5. The molecule has 6 fully saturated rings. The Labute approximate surface area is 538 Å². The number of likely N-dealkylation sites (N-methyl/N-ethyl adjacent to an activating group) is 5. The van der Waals surface area contributed by atoms with Crippen molar-refractivity contribution >= 4 is 76.6 Å². The molecule has 0 aromatic heterocycles. The number of nitrogens with zero attached hydrogens (tertiary/aromatic N) is 7. The second kappa shape index (κ2) is 31.4. The maximum atomic E-state index is 15.2. The summed E-state index contributed by atoms with van der Waals surface area (Å²) in [6, 6.07) is -5.47. The van der Waals surface area contributed by atoms with E-state index in [4.69, 9.17) is 11.6 Å². The Kier molecular flexibility index (Phi) is 24.8. The zero-order valence-electron chi connectivity index (χ0n) is 54.6. The number of amides is 11. The topological polar surface area (TPSA) is 259 Å². The van der Waals surface area contributed by atoms with Crippen LogP contribution in [0.1, 0.15) is 174 Å². The first-order valence-electron chi connectivity index (χ1n) is 33.0. The number of carbonyl (C=O) groups is 11. The minimum Gasteiger partial charge on any atom is -0.351 e. The monoisotopic (exact) mass is 1300 g/mol. The maximum Gasteiger partial charge on any atom is 0.417 e. The summed E-state index contributed by atoms with van der Waals surface area (Å²) < 4.78 is 41.5. The van der Waals surface area contributed by atoms with Crippen LogP contribution in [0.4, 0.5) is 13.2 Å². The highest BCUT2D eigenvalue weighted by Gasteiger charge is 2.51. The molecule has 0 radical (unpaired) electrons. The van der Waals surface area contributed by atoms with Gasteiger partial charge in [-0.05, 0) is 120 Å². The highest BCUT2D eigenvalue weighted by molar-refractivity contribution is 6.31. The molecular formula is C65H97ClF3N11O11. The fraction of sp³-hybridized carbons (Fsp3) is 0.738. The molecule has 1 spiro atoms. The van der Waals surface area contributed by atoms with Crippen LogP contribution in [0.2, 0.25) is 5.02 Å². The first-order valence-corrected chi connectivity index (χ1v) is 33.3. The van der Waals surface area contributed by atoms with Crippen LogP contribution in [0.25, 0.3) is 0 Å². The van der Waals surface area contributed by atoms with Crippen molar-refractivity contribution in [3.05, 3.63) is 34.3 Å². The number of alkyl halides is 3. The molecule has 7 rings (SSSR count).